The van der Waals surface area contributed by atoms with Gasteiger partial charge in [0.2, 0.25) is 5.91 Å². The summed E-state index contributed by atoms with van der Waals surface area (Å²) >= 11 is 0. The first-order valence-corrected chi connectivity index (χ1v) is 5.23. The van der Waals surface area contributed by atoms with Crippen LogP contribution in [-0.2, 0) is 4.79 Å². The topological polar surface area (TPSA) is 20.3 Å². The highest BCUT2D eigenvalue weighted by atomic mass is 16.2. The smallest absolute Gasteiger partial charge is 0.222 e. The molecule has 0 spiro atoms. The highest BCUT2D eigenvalue weighted by molar-refractivity contribution is 5.76. The Morgan fingerprint density at radius 2 is 2.08 bits per heavy atom. The van der Waals surface area contributed by atoms with Crippen molar-refractivity contribution in [2.45, 2.75) is 40.5 Å². The van der Waals surface area contributed by atoms with Crippen molar-refractivity contribution in [1.29, 1.82) is 0 Å². The second-order valence-corrected chi connectivity index (χ2v) is 5.03. The third-order valence-electron chi connectivity index (χ3n) is 3.11. The summed E-state index contributed by atoms with van der Waals surface area (Å²) in [4.78, 5) is 13.4. The molecule has 1 unspecified atom stereocenters. The van der Waals surface area contributed by atoms with Crippen LogP contribution in [0.1, 0.15) is 40.5 Å². The molecule has 76 valence electrons. The molecule has 1 aliphatic rings. The molecule has 0 saturated carbocycles. The maximum absolute atomic E-state index is 11.4. The molecule has 2 heteroatoms. The second kappa shape index (κ2) is 3.69. The molecule has 1 heterocycles. The van der Waals surface area contributed by atoms with Crippen LogP contribution in [0.4, 0.5) is 0 Å². The van der Waals surface area contributed by atoms with Gasteiger partial charge in [-0.3, -0.25) is 4.79 Å². The molecule has 1 saturated heterocycles. The predicted octanol–water partition coefficient (Wildman–Crippen LogP) is 2.29. The maximum atomic E-state index is 11.4. The van der Waals surface area contributed by atoms with Crippen LogP contribution in [0.25, 0.3) is 0 Å². The molecule has 0 N–H and O–H groups in total. The van der Waals surface area contributed by atoms with Crippen LogP contribution in [0.15, 0.2) is 0 Å². The van der Waals surface area contributed by atoms with Crippen LogP contribution in [0, 0.1) is 11.3 Å². The Morgan fingerprint density at radius 1 is 1.46 bits per heavy atom. The average Bonchev–Trinajstić information content (AvgIpc) is 2.03. The van der Waals surface area contributed by atoms with Gasteiger partial charge in [-0.2, -0.15) is 0 Å². The molecule has 13 heavy (non-hydrogen) atoms. The zero-order chi connectivity index (χ0) is 10.1. The summed E-state index contributed by atoms with van der Waals surface area (Å²) in [7, 11) is 0. The van der Waals surface area contributed by atoms with E-state index in [2.05, 4.69) is 27.7 Å². The summed E-state index contributed by atoms with van der Waals surface area (Å²) in [5.74, 6) is 1.01. The summed E-state index contributed by atoms with van der Waals surface area (Å²) in [5, 5.41) is 0. The van der Waals surface area contributed by atoms with Gasteiger partial charge in [-0.15, -0.1) is 0 Å². The van der Waals surface area contributed by atoms with E-state index in [4.69, 9.17) is 0 Å². The second-order valence-electron chi connectivity index (χ2n) is 5.03. The molecule has 1 aliphatic heterocycles. The van der Waals surface area contributed by atoms with Crippen LogP contribution in [-0.4, -0.2) is 23.9 Å². The first kappa shape index (κ1) is 10.6. The number of hydrogen-bond acceptors (Lipinski definition) is 1. The summed E-state index contributed by atoms with van der Waals surface area (Å²) in [5.41, 5.74) is 0.341. The number of hydrogen-bond donors (Lipinski definition) is 0. The minimum absolute atomic E-state index is 0.336. The van der Waals surface area contributed by atoms with Crippen LogP contribution < -0.4 is 0 Å². The molecule has 0 aliphatic carbocycles. The van der Waals surface area contributed by atoms with E-state index in [9.17, 15) is 4.79 Å². The van der Waals surface area contributed by atoms with E-state index in [-0.39, 0.29) is 0 Å². The van der Waals surface area contributed by atoms with E-state index >= 15 is 0 Å². The van der Waals surface area contributed by atoms with Gasteiger partial charge in [-0.25, -0.2) is 0 Å². The van der Waals surface area contributed by atoms with Crippen molar-refractivity contribution in [1.82, 2.24) is 4.90 Å². The summed E-state index contributed by atoms with van der Waals surface area (Å²) in [6.07, 6.45) is 1.81. The maximum Gasteiger partial charge on any atom is 0.222 e. The molecule has 0 aromatic heterocycles. The van der Waals surface area contributed by atoms with Gasteiger partial charge in [-0.1, -0.05) is 20.8 Å². The molecule has 1 fully saturated rings. The minimum atomic E-state index is 0.336. The number of carbonyl (C=O) groups is 1. The molecule has 1 rings (SSSR count). The zero-order valence-electron chi connectivity index (χ0n) is 9.26. The summed E-state index contributed by atoms with van der Waals surface area (Å²) in [6.45, 7) is 10.7. The van der Waals surface area contributed by atoms with Crippen molar-refractivity contribution in [2.24, 2.45) is 11.3 Å². The first-order chi connectivity index (χ1) is 5.95. The molecule has 2 nitrogen and oxygen atoms in total. The fourth-order valence-electron chi connectivity index (χ4n) is 1.93. The number of rotatable bonds is 1. The molecule has 0 aromatic rings. The van der Waals surface area contributed by atoms with Gasteiger partial charge in [0.25, 0.3) is 0 Å². The normalized spacial score (nSPS) is 25.1. The van der Waals surface area contributed by atoms with Gasteiger partial charge in [0.15, 0.2) is 0 Å². The van der Waals surface area contributed by atoms with Crippen LogP contribution in [0.5, 0.6) is 0 Å². The zero-order valence-corrected chi connectivity index (χ0v) is 9.26. The molecule has 1 atom stereocenters. The number of piperidine rings is 1. The Hall–Kier alpha value is -0.530. The van der Waals surface area contributed by atoms with Crippen molar-refractivity contribution in [3.8, 4) is 0 Å². The van der Waals surface area contributed by atoms with Crippen molar-refractivity contribution < 1.29 is 4.79 Å². The highest BCUT2D eigenvalue weighted by Gasteiger charge is 2.31. The molecule has 1 amide bonds. The Bertz CT molecular complexity index is 193. The Kier molecular flexibility index (Phi) is 2.99. The summed E-state index contributed by atoms with van der Waals surface area (Å²) in [6, 6.07) is 0. The molecular formula is C11H21NO. The van der Waals surface area contributed by atoms with Crippen LogP contribution in [0.2, 0.25) is 0 Å². The van der Waals surface area contributed by atoms with E-state index in [0.717, 1.165) is 25.9 Å². The first-order valence-electron chi connectivity index (χ1n) is 5.23. The fourth-order valence-corrected chi connectivity index (χ4v) is 1.93. The number of nitrogens with zero attached hydrogens (tertiary/aromatic N) is 1. The fraction of sp³-hybridized carbons (Fsp3) is 0.909. The summed E-state index contributed by atoms with van der Waals surface area (Å²) < 4.78 is 0. The van der Waals surface area contributed by atoms with Crippen LogP contribution in [0.3, 0.4) is 0 Å². The number of carbonyl (C=O) groups excluding carboxylic acids is 1. The molecule has 0 aromatic carbocycles. The lowest BCUT2D eigenvalue weighted by molar-refractivity contribution is -0.135. The van der Waals surface area contributed by atoms with Gasteiger partial charge in [0.05, 0.1) is 0 Å². The largest absolute Gasteiger partial charge is 0.343 e. The van der Waals surface area contributed by atoms with E-state index in [0.29, 0.717) is 17.2 Å². The lowest BCUT2D eigenvalue weighted by Gasteiger charge is -2.39. The number of likely N-dealkylation sites (tertiary alicyclic amines) is 1. The van der Waals surface area contributed by atoms with E-state index in [1.807, 2.05) is 4.90 Å². The van der Waals surface area contributed by atoms with Gasteiger partial charge < -0.3 is 4.90 Å². The minimum Gasteiger partial charge on any atom is -0.343 e. The highest BCUT2D eigenvalue weighted by Crippen LogP contribution is 2.33. The SMILES string of the molecule is CCN1CC(C(C)(C)C)CCC1=O. The Labute approximate surface area is 81.3 Å². The number of amides is 1. The Morgan fingerprint density at radius 3 is 2.54 bits per heavy atom. The average molecular weight is 183 g/mol. The molecule has 0 radical (unpaired) electrons. The van der Waals surface area contributed by atoms with Crippen molar-refractivity contribution in [3.63, 3.8) is 0 Å². The van der Waals surface area contributed by atoms with Gasteiger partial charge >= 0.3 is 0 Å². The standard InChI is InChI=1S/C11H21NO/c1-5-12-8-9(11(2,3)4)6-7-10(12)13/h9H,5-8H2,1-4H3. The van der Waals surface area contributed by atoms with E-state index < -0.39 is 0 Å². The predicted molar refractivity (Wildman–Crippen MR) is 54.4 cm³/mol. The third kappa shape index (κ3) is 2.45. The van der Waals surface area contributed by atoms with E-state index in [1.165, 1.54) is 0 Å². The van der Waals surface area contributed by atoms with Crippen LogP contribution >= 0.6 is 0 Å². The quantitative estimate of drug-likeness (QED) is 0.611. The Balaban J connectivity index is 2.60. The third-order valence-corrected chi connectivity index (χ3v) is 3.11. The van der Waals surface area contributed by atoms with Gasteiger partial charge in [0, 0.05) is 19.5 Å². The van der Waals surface area contributed by atoms with Gasteiger partial charge in [-0.05, 0) is 24.7 Å². The lowest BCUT2D eigenvalue weighted by Crippen LogP contribution is -2.43. The molecule has 0 bridgehead atoms. The van der Waals surface area contributed by atoms with Gasteiger partial charge in [0.1, 0.15) is 0 Å². The van der Waals surface area contributed by atoms with Crippen molar-refractivity contribution >= 4 is 5.91 Å². The van der Waals surface area contributed by atoms with Crippen molar-refractivity contribution in [3.05, 3.63) is 0 Å². The lowest BCUT2D eigenvalue weighted by atomic mass is 9.76. The van der Waals surface area contributed by atoms with Crippen molar-refractivity contribution in [2.75, 3.05) is 13.1 Å². The monoisotopic (exact) mass is 183 g/mol. The molecular weight excluding hydrogens is 162 g/mol. The van der Waals surface area contributed by atoms with E-state index in [1.54, 1.807) is 0 Å².